The first kappa shape index (κ1) is 8.25. The van der Waals surface area contributed by atoms with Gasteiger partial charge in [-0.15, -0.1) is 11.6 Å². The van der Waals surface area contributed by atoms with Gasteiger partial charge in [0.05, 0.1) is 12.0 Å². The molecule has 0 spiro atoms. The fraction of sp³-hybridized carbons (Fsp3) is 1.00. The molecular formula is C6H13ClO. The lowest BCUT2D eigenvalue weighted by atomic mass is 9.92. The van der Waals surface area contributed by atoms with Crippen LogP contribution in [0, 0.1) is 5.41 Å². The molecule has 0 aliphatic heterocycles. The normalized spacial score (nSPS) is 16.1. The second-order valence-corrected chi connectivity index (χ2v) is 3.54. The molecule has 1 N–H and O–H groups in total. The lowest BCUT2D eigenvalue weighted by molar-refractivity contribution is 0.231. The van der Waals surface area contributed by atoms with Crippen LogP contribution in [0.15, 0.2) is 0 Å². The van der Waals surface area contributed by atoms with Crippen LogP contribution < -0.4 is 0 Å². The van der Waals surface area contributed by atoms with Gasteiger partial charge in [-0.3, -0.25) is 0 Å². The molecule has 0 aliphatic carbocycles. The first-order valence-corrected chi connectivity index (χ1v) is 3.17. The standard InChI is InChI=1S/C6H13ClO/c1-6(2,3)5(7)4-8/h5,8H,4H2,1-3H3. The lowest BCUT2D eigenvalue weighted by Gasteiger charge is -2.22. The minimum absolute atomic E-state index is 0.0241. The van der Waals surface area contributed by atoms with Gasteiger partial charge >= 0.3 is 0 Å². The van der Waals surface area contributed by atoms with Crippen molar-refractivity contribution >= 4 is 11.6 Å². The predicted molar refractivity (Wildman–Crippen MR) is 36.2 cm³/mol. The summed E-state index contributed by atoms with van der Waals surface area (Å²) in [7, 11) is 0. The van der Waals surface area contributed by atoms with Crippen LogP contribution in [0.1, 0.15) is 20.8 Å². The summed E-state index contributed by atoms with van der Waals surface area (Å²) in [5, 5.41) is 8.42. The van der Waals surface area contributed by atoms with E-state index in [0.717, 1.165) is 0 Å². The first-order chi connectivity index (χ1) is 3.48. The van der Waals surface area contributed by atoms with Gasteiger partial charge in [0.1, 0.15) is 0 Å². The molecule has 0 aromatic heterocycles. The maximum absolute atomic E-state index is 8.54. The topological polar surface area (TPSA) is 20.2 Å². The molecule has 50 valence electrons. The van der Waals surface area contributed by atoms with Crippen molar-refractivity contribution in [3.8, 4) is 0 Å². The van der Waals surface area contributed by atoms with E-state index in [2.05, 4.69) is 0 Å². The quantitative estimate of drug-likeness (QED) is 0.544. The zero-order chi connectivity index (χ0) is 6.78. The minimum atomic E-state index is -0.123. The fourth-order valence-corrected chi connectivity index (χ4v) is 0.274. The van der Waals surface area contributed by atoms with Gasteiger partial charge in [0.15, 0.2) is 0 Å². The Balaban J connectivity index is 3.62. The van der Waals surface area contributed by atoms with Crippen molar-refractivity contribution < 1.29 is 5.11 Å². The smallest absolute Gasteiger partial charge is 0.0615 e. The molecule has 0 amide bonds. The molecule has 1 atom stereocenters. The number of aliphatic hydroxyl groups is 1. The molecule has 0 radical (unpaired) electrons. The SMILES string of the molecule is CC(C)(C)C(Cl)CO. The Morgan fingerprint density at radius 1 is 1.50 bits per heavy atom. The Labute approximate surface area is 55.7 Å². The molecule has 0 fully saturated rings. The highest BCUT2D eigenvalue weighted by Gasteiger charge is 2.20. The summed E-state index contributed by atoms with van der Waals surface area (Å²) >= 11 is 5.69. The molecule has 0 bridgehead atoms. The van der Waals surface area contributed by atoms with Crippen molar-refractivity contribution in [3.63, 3.8) is 0 Å². The number of hydrogen-bond donors (Lipinski definition) is 1. The summed E-state index contributed by atoms with van der Waals surface area (Å²) in [6.45, 7) is 6.06. The van der Waals surface area contributed by atoms with Gasteiger partial charge in [-0.25, -0.2) is 0 Å². The zero-order valence-electron chi connectivity index (χ0n) is 5.61. The average molecular weight is 137 g/mol. The largest absolute Gasteiger partial charge is 0.395 e. The lowest BCUT2D eigenvalue weighted by Crippen LogP contribution is -2.23. The van der Waals surface area contributed by atoms with Gasteiger partial charge < -0.3 is 5.11 Å². The summed E-state index contributed by atoms with van der Waals surface area (Å²) in [4.78, 5) is 0. The van der Waals surface area contributed by atoms with Crippen molar-refractivity contribution in [2.24, 2.45) is 5.41 Å². The predicted octanol–water partition coefficient (Wildman–Crippen LogP) is 1.63. The Kier molecular flexibility index (Phi) is 2.78. The third-order valence-corrected chi connectivity index (χ3v) is 1.89. The van der Waals surface area contributed by atoms with Crippen molar-refractivity contribution in [1.82, 2.24) is 0 Å². The van der Waals surface area contributed by atoms with Gasteiger partial charge in [-0.2, -0.15) is 0 Å². The molecule has 0 heterocycles. The molecule has 0 saturated heterocycles. The van der Waals surface area contributed by atoms with Crippen LogP contribution in [0.3, 0.4) is 0 Å². The second kappa shape index (κ2) is 2.70. The van der Waals surface area contributed by atoms with E-state index in [1.54, 1.807) is 0 Å². The second-order valence-electron chi connectivity index (χ2n) is 3.02. The zero-order valence-corrected chi connectivity index (χ0v) is 6.37. The molecule has 0 aromatic carbocycles. The molecule has 0 aliphatic rings. The molecule has 1 nitrogen and oxygen atoms in total. The van der Waals surface area contributed by atoms with E-state index in [9.17, 15) is 0 Å². The maximum Gasteiger partial charge on any atom is 0.0615 e. The van der Waals surface area contributed by atoms with Crippen molar-refractivity contribution in [1.29, 1.82) is 0 Å². The summed E-state index contributed by atoms with van der Waals surface area (Å²) in [6.07, 6.45) is 0. The summed E-state index contributed by atoms with van der Waals surface area (Å²) in [5.41, 5.74) is 0.0241. The van der Waals surface area contributed by atoms with Gasteiger partial charge in [-0.1, -0.05) is 20.8 Å². The molecule has 2 heteroatoms. The molecule has 1 unspecified atom stereocenters. The third kappa shape index (κ3) is 2.53. The van der Waals surface area contributed by atoms with Gasteiger partial charge in [0.2, 0.25) is 0 Å². The fourth-order valence-electron chi connectivity index (χ4n) is 0.274. The van der Waals surface area contributed by atoms with E-state index in [-0.39, 0.29) is 17.4 Å². The first-order valence-electron chi connectivity index (χ1n) is 2.73. The molecule has 0 aromatic rings. The van der Waals surface area contributed by atoms with E-state index in [4.69, 9.17) is 16.7 Å². The number of hydrogen-bond acceptors (Lipinski definition) is 1. The molecule has 0 saturated carbocycles. The summed E-state index contributed by atoms with van der Waals surface area (Å²) in [5.74, 6) is 0. The minimum Gasteiger partial charge on any atom is -0.395 e. The Morgan fingerprint density at radius 2 is 1.88 bits per heavy atom. The number of halogens is 1. The number of aliphatic hydroxyl groups excluding tert-OH is 1. The van der Waals surface area contributed by atoms with E-state index in [1.165, 1.54) is 0 Å². The Morgan fingerprint density at radius 3 is 1.88 bits per heavy atom. The average Bonchev–Trinajstić information content (AvgIpc) is 1.62. The van der Waals surface area contributed by atoms with E-state index in [0.29, 0.717) is 0 Å². The molecule has 8 heavy (non-hydrogen) atoms. The summed E-state index contributed by atoms with van der Waals surface area (Å²) in [6, 6.07) is 0. The third-order valence-electron chi connectivity index (χ3n) is 1.10. The number of rotatable bonds is 1. The molecule has 0 rings (SSSR count). The highest BCUT2D eigenvalue weighted by Crippen LogP contribution is 2.23. The van der Waals surface area contributed by atoms with Gasteiger partial charge in [-0.05, 0) is 5.41 Å². The van der Waals surface area contributed by atoms with Crippen LogP contribution in [-0.2, 0) is 0 Å². The molecular weight excluding hydrogens is 124 g/mol. The Bertz CT molecular complexity index is 65.4. The van der Waals surface area contributed by atoms with Crippen LogP contribution in [0.2, 0.25) is 0 Å². The van der Waals surface area contributed by atoms with Crippen LogP contribution in [-0.4, -0.2) is 17.1 Å². The van der Waals surface area contributed by atoms with Crippen LogP contribution >= 0.6 is 11.6 Å². The van der Waals surface area contributed by atoms with E-state index in [1.807, 2.05) is 20.8 Å². The van der Waals surface area contributed by atoms with E-state index < -0.39 is 0 Å². The maximum atomic E-state index is 8.54. The van der Waals surface area contributed by atoms with E-state index >= 15 is 0 Å². The summed E-state index contributed by atoms with van der Waals surface area (Å²) < 4.78 is 0. The van der Waals surface area contributed by atoms with Crippen LogP contribution in [0.4, 0.5) is 0 Å². The highest BCUT2D eigenvalue weighted by molar-refractivity contribution is 6.21. The van der Waals surface area contributed by atoms with Crippen molar-refractivity contribution in [3.05, 3.63) is 0 Å². The van der Waals surface area contributed by atoms with Crippen LogP contribution in [0.5, 0.6) is 0 Å². The monoisotopic (exact) mass is 136 g/mol. The van der Waals surface area contributed by atoms with Crippen LogP contribution in [0.25, 0.3) is 0 Å². The van der Waals surface area contributed by atoms with Crippen molar-refractivity contribution in [2.75, 3.05) is 6.61 Å². The van der Waals surface area contributed by atoms with Gasteiger partial charge in [0, 0.05) is 0 Å². The van der Waals surface area contributed by atoms with Gasteiger partial charge in [0.25, 0.3) is 0 Å². The number of alkyl halides is 1. The highest BCUT2D eigenvalue weighted by atomic mass is 35.5. The van der Waals surface area contributed by atoms with Crippen molar-refractivity contribution in [2.45, 2.75) is 26.1 Å². The Hall–Kier alpha value is 0.250.